The molecular formula is C15H19N3O4S. The highest BCUT2D eigenvalue weighted by Gasteiger charge is 2.15. The number of sulfonamides is 1. The van der Waals surface area contributed by atoms with Gasteiger partial charge in [0.05, 0.1) is 4.90 Å². The zero-order valence-electron chi connectivity index (χ0n) is 13.2. The standard InChI is InChI=1S/C15H19N3O4S/c1-10(2)15-18-17-14(22-15)8-9-16-23(20,21)13-6-4-12(5-7-13)11(3)19/h4-7,10,16H,8-9H2,1-3H3. The number of nitrogens with zero attached hydrogens (tertiary/aromatic N) is 2. The van der Waals surface area contributed by atoms with Crippen LogP contribution in [0.5, 0.6) is 0 Å². The van der Waals surface area contributed by atoms with Crippen LogP contribution < -0.4 is 4.72 Å². The Balaban J connectivity index is 1.96. The second-order valence-corrected chi connectivity index (χ2v) is 7.18. The largest absolute Gasteiger partial charge is 0.425 e. The van der Waals surface area contributed by atoms with Crippen molar-refractivity contribution in [3.63, 3.8) is 0 Å². The maximum atomic E-state index is 12.2. The molecule has 1 heterocycles. The van der Waals surface area contributed by atoms with Gasteiger partial charge in [0, 0.05) is 24.4 Å². The van der Waals surface area contributed by atoms with Crippen LogP contribution in [0, 0.1) is 0 Å². The number of rotatable bonds is 7. The summed E-state index contributed by atoms with van der Waals surface area (Å²) in [7, 11) is -3.63. The van der Waals surface area contributed by atoms with E-state index in [1.54, 1.807) is 0 Å². The Morgan fingerprint density at radius 2 is 1.87 bits per heavy atom. The summed E-state index contributed by atoms with van der Waals surface area (Å²) in [4.78, 5) is 11.3. The molecular weight excluding hydrogens is 318 g/mol. The average Bonchev–Trinajstić information content (AvgIpc) is 2.96. The van der Waals surface area contributed by atoms with Gasteiger partial charge >= 0.3 is 0 Å². The van der Waals surface area contributed by atoms with E-state index in [-0.39, 0.29) is 23.1 Å². The topological polar surface area (TPSA) is 102 Å². The van der Waals surface area contributed by atoms with Crippen LogP contribution in [0.1, 0.15) is 48.8 Å². The van der Waals surface area contributed by atoms with Gasteiger partial charge in [0.25, 0.3) is 0 Å². The molecule has 0 unspecified atom stereocenters. The maximum Gasteiger partial charge on any atom is 0.240 e. The van der Waals surface area contributed by atoms with Gasteiger partial charge in [-0.15, -0.1) is 10.2 Å². The number of aromatic nitrogens is 2. The number of carbonyl (C=O) groups is 1. The summed E-state index contributed by atoms with van der Waals surface area (Å²) in [5, 5.41) is 7.76. The van der Waals surface area contributed by atoms with Gasteiger partial charge in [-0.25, -0.2) is 13.1 Å². The van der Waals surface area contributed by atoms with Crippen molar-refractivity contribution in [2.24, 2.45) is 0 Å². The molecule has 7 nitrogen and oxygen atoms in total. The van der Waals surface area contributed by atoms with E-state index in [1.165, 1.54) is 31.2 Å². The molecule has 0 aliphatic carbocycles. The molecule has 1 N–H and O–H groups in total. The Hall–Kier alpha value is -2.06. The van der Waals surface area contributed by atoms with Crippen LogP contribution in [0.15, 0.2) is 33.6 Å². The Labute approximate surface area is 135 Å². The minimum atomic E-state index is -3.63. The number of hydrogen-bond donors (Lipinski definition) is 1. The van der Waals surface area contributed by atoms with Gasteiger partial charge in [-0.3, -0.25) is 4.79 Å². The average molecular weight is 337 g/mol. The molecule has 1 aromatic carbocycles. The molecule has 1 aromatic heterocycles. The Morgan fingerprint density at radius 1 is 1.22 bits per heavy atom. The summed E-state index contributed by atoms with van der Waals surface area (Å²) in [6, 6.07) is 5.79. The highest BCUT2D eigenvalue weighted by Crippen LogP contribution is 2.13. The normalized spacial score (nSPS) is 11.8. The van der Waals surface area contributed by atoms with Gasteiger partial charge < -0.3 is 4.42 Å². The van der Waals surface area contributed by atoms with Crippen molar-refractivity contribution in [3.8, 4) is 0 Å². The second kappa shape index (κ2) is 7.01. The molecule has 0 fully saturated rings. The zero-order valence-corrected chi connectivity index (χ0v) is 14.1. The van der Waals surface area contributed by atoms with Gasteiger partial charge in [-0.05, 0) is 19.1 Å². The van der Waals surface area contributed by atoms with E-state index in [2.05, 4.69) is 14.9 Å². The third kappa shape index (κ3) is 4.46. The minimum absolute atomic E-state index is 0.107. The lowest BCUT2D eigenvalue weighted by atomic mass is 10.2. The summed E-state index contributed by atoms with van der Waals surface area (Å²) in [5.74, 6) is 0.943. The Bertz CT molecular complexity index is 779. The van der Waals surface area contributed by atoms with Crippen LogP contribution in [-0.2, 0) is 16.4 Å². The van der Waals surface area contributed by atoms with Crippen LogP contribution in [0.3, 0.4) is 0 Å². The molecule has 2 aromatic rings. The summed E-state index contributed by atoms with van der Waals surface area (Å²) in [5.41, 5.74) is 0.469. The second-order valence-electron chi connectivity index (χ2n) is 5.42. The molecule has 0 amide bonds. The highest BCUT2D eigenvalue weighted by molar-refractivity contribution is 7.89. The molecule has 0 aliphatic rings. The van der Waals surface area contributed by atoms with Crippen molar-refractivity contribution in [2.45, 2.75) is 38.0 Å². The number of hydrogen-bond acceptors (Lipinski definition) is 6. The summed E-state index contributed by atoms with van der Waals surface area (Å²) >= 11 is 0. The van der Waals surface area contributed by atoms with Crippen LogP contribution in [0.25, 0.3) is 0 Å². The molecule has 0 radical (unpaired) electrons. The molecule has 0 aliphatic heterocycles. The zero-order chi connectivity index (χ0) is 17.0. The third-order valence-corrected chi connectivity index (χ3v) is 4.66. The lowest BCUT2D eigenvalue weighted by Crippen LogP contribution is -2.26. The summed E-state index contributed by atoms with van der Waals surface area (Å²) in [6.45, 7) is 5.45. The Kier molecular flexibility index (Phi) is 5.27. The lowest BCUT2D eigenvalue weighted by Gasteiger charge is -2.06. The molecule has 23 heavy (non-hydrogen) atoms. The predicted octanol–water partition coefficient (Wildman–Crippen LogP) is 1.92. The van der Waals surface area contributed by atoms with Gasteiger partial charge in [-0.1, -0.05) is 26.0 Å². The first-order valence-corrected chi connectivity index (χ1v) is 8.71. The van der Waals surface area contributed by atoms with Crippen molar-refractivity contribution in [1.82, 2.24) is 14.9 Å². The highest BCUT2D eigenvalue weighted by atomic mass is 32.2. The fraction of sp³-hybridized carbons (Fsp3) is 0.400. The van der Waals surface area contributed by atoms with Gasteiger partial charge in [0.15, 0.2) is 5.78 Å². The van der Waals surface area contributed by atoms with Crippen molar-refractivity contribution >= 4 is 15.8 Å². The van der Waals surface area contributed by atoms with E-state index in [9.17, 15) is 13.2 Å². The number of ketones is 1. The van der Waals surface area contributed by atoms with Crippen LogP contribution >= 0.6 is 0 Å². The number of benzene rings is 1. The van der Waals surface area contributed by atoms with Gasteiger partial charge in [-0.2, -0.15) is 0 Å². The molecule has 0 atom stereocenters. The quantitative estimate of drug-likeness (QED) is 0.774. The summed E-state index contributed by atoms with van der Waals surface area (Å²) in [6.07, 6.45) is 0.310. The van der Waals surface area contributed by atoms with E-state index in [1.807, 2.05) is 13.8 Å². The van der Waals surface area contributed by atoms with Crippen LogP contribution in [-0.4, -0.2) is 30.9 Å². The first-order chi connectivity index (χ1) is 10.8. The summed E-state index contributed by atoms with van der Waals surface area (Å²) < 4.78 is 32.2. The molecule has 0 bridgehead atoms. The van der Waals surface area contributed by atoms with E-state index in [0.717, 1.165) is 0 Å². The fourth-order valence-corrected chi connectivity index (χ4v) is 2.88. The lowest BCUT2D eigenvalue weighted by molar-refractivity contribution is 0.101. The SMILES string of the molecule is CC(=O)c1ccc(S(=O)(=O)NCCc2nnc(C(C)C)o2)cc1. The first kappa shape index (κ1) is 17.3. The molecule has 2 rings (SSSR count). The molecule has 0 saturated heterocycles. The third-order valence-electron chi connectivity index (χ3n) is 3.18. The molecule has 0 spiro atoms. The Morgan fingerprint density at radius 3 is 2.39 bits per heavy atom. The van der Waals surface area contributed by atoms with Gasteiger partial charge in [0.2, 0.25) is 21.8 Å². The van der Waals surface area contributed by atoms with Crippen LogP contribution in [0.4, 0.5) is 0 Å². The van der Waals surface area contributed by atoms with Gasteiger partial charge in [0.1, 0.15) is 0 Å². The van der Waals surface area contributed by atoms with E-state index in [0.29, 0.717) is 23.8 Å². The fourth-order valence-electron chi connectivity index (χ4n) is 1.85. The van der Waals surface area contributed by atoms with E-state index >= 15 is 0 Å². The van der Waals surface area contributed by atoms with Crippen LogP contribution in [0.2, 0.25) is 0 Å². The first-order valence-electron chi connectivity index (χ1n) is 7.22. The minimum Gasteiger partial charge on any atom is -0.425 e. The van der Waals surface area contributed by atoms with E-state index in [4.69, 9.17) is 4.42 Å². The number of carbonyl (C=O) groups excluding carboxylic acids is 1. The van der Waals surface area contributed by atoms with Crippen molar-refractivity contribution in [2.75, 3.05) is 6.54 Å². The monoisotopic (exact) mass is 337 g/mol. The molecule has 8 heteroatoms. The van der Waals surface area contributed by atoms with Crippen molar-refractivity contribution in [1.29, 1.82) is 0 Å². The molecule has 0 saturated carbocycles. The van der Waals surface area contributed by atoms with E-state index < -0.39 is 10.0 Å². The smallest absolute Gasteiger partial charge is 0.240 e. The van der Waals surface area contributed by atoms with Crippen molar-refractivity contribution in [3.05, 3.63) is 41.6 Å². The number of nitrogens with one attached hydrogen (secondary N) is 1. The van der Waals surface area contributed by atoms with Crippen molar-refractivity contribution < 1.29 is 17.6 Å². The maximum absolute atomic E-state index is 12.2. The number of Topliss-reactive ketones (excluding diaryl/α,β-unsaturated/α-hetero) is 1. The predicted molar refractivity (Wildman–Crippen MR) is 83.7 cm³/mol. The molecule has 124 valence electrons.